The molecule has 1 aromatic rings. The zero-order valence-corrected chi connectivity index (χ0v) is 15.8. The van der Waals surface area contributed by atoms with Crippen LogP contribution in [0.3, 0.4) is 0 Å². The van der Waals surface area contributed by atoms with Gasteiger partial charge in [0, 0.05) is 26.5 Å². The molecule has 0 aliphatic rings. The Morgan fingerprint density at radius 1 is 0.750 bits per heavy atom. The molecule has 2 amide bonds. The maximum atomic E-state index is 12.7. The fraction of sp³-hybridized carbons (Fsp3) is 0.588. The molecule has 1 aromatic heterocycles. The number of carbonyl (C=O) groups excluding carboxylic acids is 2. The Kier molecular flexibility index (Phi) is 8.42. The van der Waals surface area contributed by atoms with Crippen molar-refractivity contribution >= 4 is 11.8 Å². The Morgan fingerprint density at radius 2 is 1.04 bits per heavy atom. The number of aliphatic hydroxyl groups is 6. The van der Waals surface area contributed by atoms with Crippen LogP contribution in [0.1, 0.15) is 20.7 Å². The summed E-state index contributed by atoms with van der Waals surface area (Å²) in [7, 11) is 2.56. The van der Waals surface area contributed by atoms with Gasteiger partial charge in [0.25, 0.3) is 11.8 Å². The van der Waals surface area contributed by atoms with Gasteiger partial charge in [-0.15, -0.1) is 0 Å². The van der Waals surface area contributed by atoms with Crippen LogP contribution < -0.4 is 0 Å². The lowest BCUT2D eigenvalue weighted by Gasteiger charge is -2.38. The lowest BCUT2D eigenvalue weighted by Crippen LogP contribution is -2.58. The van der Waals surface area contributed by atoms with Crippen molar-refractivity contribution in [3.8, 4) is 0 Å². The molecule has 0 unspecified atom stereocenters. The third-order valence-electron chi connectivity index (χ3n) is 5.03. The predicted octanol–water partition coefficient (Wildman–Crippen LogP) is -3.34. The van der Waals surface area contributed by atoms with Crippen LogP contribution in [-0.4, -0.2) is 122 Å². The molecule has 0 saturated carbocycles. The summed E-state index contributed by atoms with van der Waals surface area (Å²) in [5.74, 6) is -1.42. The van der Waals surface area contributed by atoms with E-state index in [1.54, 1.807) is 0 Å². The fourth-order valence-electron chi connectivity index (χ4n) is 2.43. The predicted molar refractivity (Wildman–Crippen MR) is 96.4 cm³/mol. The first-order chi connectivity index (χ1) is 13.2. The van der Waals surface area contributed by atoms with E-state index in [9.17, 15) is 40.2 Å². The number of nitrogens with zero attached hydrogens (tertiary/aromatic N) is 3. The van der Waals surface area contributed by atoms with E-state index in [1.807, 2.05) is 0 Å². The first-order valence-corrected chi connectivity index (χ1v) is 8.39. The molecule has 1 heterocycles. The monoisotopic (exact) mass is 401 g/mol. The van der Waals surface area contributed by atoms with Crippen molar-refractivity contribution in [2.75, 3.05) is 53.7 Å². The van der Waals surface area contributed by atoms with Crippen molar-refractivity contribution in [1.82, 2.24) is 14.8 Å². The third kappa shape index (κ3) is 4.29. The van der Waals surface area contributed by atoms with E-state index in [1.165, 1.54) is 32.6 Å². The van der Waals surface area contributed by atoms with Crippen LogP contribution in [0, 0.1) is 0 Å². The first-order valence-electron chi connectivity index (χ1n) is 8.39. The minimum Gasteiger partial charge on any atom is -0.394 e. The Balaban J connectivity index is 3.22. The molecule has 6 N–H and O–H groups in total. The molecule has 1 rings (SSSR count). The Bertz CT molecular complexity index is 606. The summed E-state index contributed by atoms with van der Waals surface area (Å²) in [5.41, 5.74) is -3.31. The summed E-state index contributed by atoms with van der Waals surface area (Å²) in [6, 6.07) is 1.21. The van der Waals surface area contributed by atoms with Crippen molar-refractivity contribution in [2.24, 2.45) is 0 Å². The highest BCUT2D eigenvalue weighted by Crippen LogP contribution is 2.19. The Morgan fingerprint density at radius 3 is 1.29 bits per heavy atom. The third-order valence-corrected chi connectivity index (χ3v) is 5.03. The molecule has 0 radical (unpaired) electrons. The largest absolute Gasteiger partial charge is 0.394 e. The molecule has 11 heteroatoms. The second-order valence-corrected chi connectivity index (χ2v) is 6.59. The summed E-state index contributed by atoms with van der Waals surface area (Å²) in [6.45, 7) is -4.15. The lowest BCUT2D eigenvalue weighted by atomic mass is 9.99. The zero-order chi connectivity index (χ0) is 21.5. The van der Waals surface area contributed by atoms with Crippen molar-refractivity contribution < 1.29 is 40.2 Å². The van der Waals surface area contributed by atoms with Crippen molar-refractivity contribution in [3.05, 3.63) is 29.6 Å². The number of hydrogen-bond donors (Lipinski definition) is 6. The summed E-state index contributed by atoms with van der Waals surface area (Å²) in [6.07, 6.45) is 2.34. The molecule has 0 atom stereocenters. The minimum atomic E-state index is -1.60. The minimum absolute atomic E-state index is 0.0518. The van der Waals surface area contributed by atoms with Crippen LogP contribution in [0.25, 0.3) is 0 Å². The van der Waals surface area contributed by atoms with E-state index >= 15 is 0 Å². The van der Waals surface area contributed by atoms with Gasteiger partial charge in [-0.3, -0.25) is 14.6 Å². The summed E-state index contributed by atoms with van der Waals surface area (Å²) in [4.78, 5) is 31.1. The summed E-state index contributed by atoms with van der Waals surface area (Å²) < 4.78 is 0. The van der Waals surface area contributed by atoms with Gasteiger partial charge in [0.1, 0.15) is 11.1 Å². The van der Waals surface area contributed by atoms with Crippen molar-refractivity contribution in [1.29, 1.82) is 0 Å². The Labute approximate surface area is 162 Å². The number of rotatable bonds is 10. The average Bonchev–Trinajstić information content (AvgIpc) is 2.75. The number of likely N-dealkylation sites (N-methyl/N-ethyl adjacent to an activating group) is 2. The molecule has 0 fully saturated rings. The van der Waals surface area contributed by atoms with Crippen LogP contribution in [-0.2, 0) is 0 Å². The number of carbonyl (C=O) groups is 2. The second-order valence-electron chi connectivity index (χ2n) is 6.59. The second kappa shape index (κ2) is 9.87. The van der Waals surface area contributed by atoms with E-state index in [0.29, 0.717) is 0 Å². The van der Waals surface area contributed by atoms with Gasteiger partial charge in [-0.1, -0.05) is 0 Å². The van der Waals surface area contributed by atoms with E-state index in [2.05, 4.69) is 4.98 Å². The van der Waals surface area contributed by atoms with E-state index < -0.39 is 62.5 Å². The number of hydrogen-bond acceptors (Lipinski definition) is 9. The Hall–Kier alpha value is -2.15. The van der Waals surface area contributed by atoms with Crippen LogP contribution in [0.2, 0.25) is 0 Å². The zero-order valence-electron chi connectivity index (χ0n) is 15.8. The van der Waals surface area contributed by atoms with Gasteiger partial charge in [-0.2, -0.15) is 0 Å². The molecule has 0 aromatic carbocycles. The summed E-state index contributed by atoms with van der Waals surface area (Å²) >= 11 is 0. The first kappa shape index (κ1) is 23.9. The van der Waals surface area contributed by atoms with Crippen LogP contribution >= 0.6 is 0 Å². The van der Waals surface area contributed by atoms with Gasteiger partial charge in [0.15, 0.2) is 0 Å². The number of amides is 2. The number of aliphatic hydroxyl groups excluding tert-OH is 6. The smallest absolute Gasteiger partial charge is 0.255 e. The van der Waals surface area contributed by atoms with Gasteiger partial charge in [0.2, 0.25) is 0 Å². The van der Waals surface area contributed by atoms with Crippen LogP contribution in [0.15, 0.2) is 18.5 Å². The van der Waals surface area contributed by atoms with E-state index in [-0.39, 0.29) is 11.1 Å². The summed E-state index contributed by atoms with van der Waals surface area (Å²) in [5, 5.41) is 56.8. The van der Waals surface area contributed by atoms with E-state index in [4.69, 9.17) is 0 Å². The van der Waals surface area contributed by atoms with Gasteiger partial charge in [-0.25, -0.2) is 0 Å². The van der Waals surface area contributed by atoms with Gasteiger partial charge < -0.3 is 40.4 Å². The van der Waals surface area contributed by atoms with Crippen LogP contribution in [0.5, 0.6) is 0 Å². The fourth-order valence-corrected chi connectivity index (χ4v) is 2.43. The molecular formula is C17H27N3O8. The van der Waals surface area contributed by atoms with Gasteiger partial charge in [0.05, 0.1) is 50.8 Å². The highest BCUT2D eigenvalue weighted by atomic mass is 16.3. The topological polar surface area (TPSA) is 175 Å². The standard InChI is InChI=1S/C17H27N3O8/c1-19(16(6-21,7-22)8-23)14(27)12-3-13(5-18-4-12)15(28)20(2)17(9-24,10-25)11-26/h3-5,21-26H,6-11H2,1-2H3. The quantitative estimate of drug-likeness (QED) is 0.234. The molecule has 11 nitrogen and oxygen atoms in total. The maximum absolute atomic E-state index is 12.7. The van der Waals surface area contributed by atoms with Crippen LogP contribution in [0.4, 0.5) is 0 Å². The van der Waals surface area contributed by atoms with E-state index in [0.717, 1.165) is 9.80 Å². The maximum Gasteiger partial charge on any atom is 0.255 e. The van der Waals surface area contributed by atoms with Gasteiger partial charge in [-0.05, 0) is 6.07 Å². The van der Waals surface area contributed by atoms with Crippen molar-refractivity contribution in [3.63, 3.8) is 0 Å². The SMILES string of the molecule is CN(C(=O)c1cncc(C(=O)N(C)C(CO)(CO)CO)c1)C(CO)(CO)CO. The van der Waals surface area contributed by atoms with Crippen molar-refractivity contribution in [2.45, 2.75) is 11.1 Å². The highest BCUT2D eigenvalue weighted by molar-refractivity contribution is 5.99. The molecule has 0 bridgehead atoms. The lowest BCUT2D eigenvalue weighted by molar-refractivity contribution is -0.0252. The average molecular weight is 401 g/mol. The molecule has 0 aliphatic heterocycles. The molecule has 0 aliphatic carbocycles. The highest BCUT2D eigenvalue weighted by Gasteiger charge is 2.38. The molecule has 28 heavy (non-hydrogen) atoms. The molecular weight excluding hydrogens is 374 g/mol. The van der Waals surface area contributed by atoms with Gasteiger partial charge >= 0.3 is 0 Å². The molecule has 0 spiro atoms. The normalized spacial score (nSPS) is 12.0. The number of aromatic nitrogens is 1. The molecule has 158 valence electrons. The number of pyridine rings is 1. The molecule has 0 saturated heterocycles.